The van der Waals surface area contributed by atoms with E-state index in [0.29, 0.717) is 17.0 Å². The van der Waals surface area contributed by atoms with Crippen molar-refractivity contribution in [2.45, 2.75) is 17.9 Å². The third-order valence-electron chi connectivity index (χ3n) is 3.04. The largest absolute Gasteiger partial charge is 0.343 e. The number of aromatic nitrogens is 1. The second-order valence-corrected chi connectivity index (χ2v) is 6.56. The van der Waals surface area contributed by atoms with Crippen LogP contribution < -0.4 is 10.6 Å². The van der Waals surface area contributed by atoms with Crippen LogP contribution in [-0.4, -0.2) is 22.6 Å². The maximum atomic E-state index is 12.3. The Balaban J connectivity index is 1.76. The van der Waals surface area contributed by atoms with E-state index < -0.39 is 0 Å². The molecule has 5 nitrogen and oxygen atoms in total. The minimum atomic E-state index is -0.176. The van der Waals surface area contributed by atoms with E-state index in [1.807, 2.05) is 18.4 Å². The first-order chi connectivity index (χ1) is 10.1. The lowest BCUT2D eigenvalue weighted by molar-refractivity contribution is -0.113. The minimum Gasteiger partial charge on any atom is -0.343 e. The highest BCUT2D eigenvalue weighted by Crippen LogP contribution is 2.32. The molecule has 1 aromatic carbocycles. The molecule has 0 radical (unpaired) electrons. The van der Waals surface area contributed by atoms with Gasteiger partial charge in [0.25, 0.3) is 5.91 Å². The molecule has 0 aliphatic carbocycles. The molecule has 2 aromatic rings. The summed E-state index contributed by atoms with van der Waals surface area (Å²) in [7, 11) is 0. The van der Waals surface area contributed by atoms with Gasteiger partial charge in [-0.2, -0.15) is 0 Å². The van der Waals surface area contributed by atoms with Crippen LogP contribution in [0.3, 0.4) is 0 Å². The van der Waals surface area contributed by atoms with Gasteiger partial charge in [0.2, 0.25) is 5.91 Å². The molecule has 0 spiro atoms. The predicted octanol–water partition coefficient (Wildman–Crippen LogP) is 2.68. The van der Waals surface area contributed by atoms with Crippen molar-refractivity contribution in [2.75, 3.05) is 11.1 Å². The fourth-order valence-electron chi connectivity index (χ4n) is 2.01. The number of hydrogen-bond acceptors (Lipinski definition) is 5. The van der Waals surface area contributed by atoms with Crippen LogP contribution in [0.4, 0.5) is 5.69 Å². The molecule has 1 aromatic heterocycles. The number of carbonyl (C=O) groups excluding carboxylic acids is 2. The molecule has 0 saturated carbocycles. The first-order valence-electron chi connectivity index (χ1n) is 6.40. The summed E-state index contributed by atoms with van der Waals surface area (Å²) < 4.78 is 0. The Labute approximate surface area is 130 Å². The molecule has 2 N–H and O–H groups in total. The smallest absolute Gasteiger partial charge is 0.251 e. The van der Waals surface area contributed by atoms with E-state index in [-0.39, 0.29) is 17.9 Å². The summed E-state index contributed by atoms with van der Waals surface area (Å²) in [6, 6.07) is 5.20. The number of thiazole rings is 1. The highest BCUT2D eigenvalue weighted by atomic mass is 32.2. The van der Waals surface area contributed by atoms with Crippen molar-refractivity contribution in [3.8, 4) is 0 Å². The Morgan fingerprint density at radius 2 is 2.33 bits per heavy atom. The average Bonchev–Trinajstić information content (AvgIpc) is 3.00. The number of anilines is 1. The molecule has 1 aliphatic rings. The summed E-state index contributed by atoms with van der Waals surface area (Å²) in [4.78, 5) is 28.8. The zero-order chi connectivity index (χ0) is 14.8. The molecule has 2 amide bonds. The first kappa shape index (κ1) is 14.1. The quantitative estimate of drug-likeness (QED) is 0.912. The number of fused-ring (bicyclic) bond motifs is 1. The van der Waals surface area contributed by atoms with Gasteiger partial charge in [-0.15, -0.1) is 23.1 Å². The second-order valence-electron chi connectivity index (χ2n) is 4.61. The summed E-state index contributed by atoms with van der Waals surface area (Å²) >= 11 is 2.98. The molecule has 0 bridgehead atoms. The molecule has 7 heteroatoms. The summed E-state index contributed by atoms with van der Waals surface area (Å²) in [5.41, 5.74) is 1.23. The van der Waals surface area contributed by atoms with Crippen LogP contribution in [0, 0.1) is 0 Å². The van der Waals surface area contributed by atoms with E-state index in [4.69, 9.17) is 0 Å². The minimum absolute atomic E-state index is 0.0405. The van der Waals surface area contributed by atoms with Crippen molar-refractivity contribution in [2.24, 2.45) is 0 Å². The Morgan fingerprint density at radius 3 is 3.10 bits per heavy atom. The van der Waals surface area contributed by atoms with Crippen molar-refractivity contribution in [1.82, 2.24) is 10.3 Å². The van der Waals surface area contributed by atoms with E-state index in [1.165, 1.54) is 23.1 Å². The van der Waals surface area contributed by atoms with Crippen LogP contribution in [0.25, 0.3) is 0 Å². The van der Waals surface area contributed by atoms with E-state index in [9.17, 15) is 9.59 Å². The lowest BCUT2D eigenvalue weighted by Gasteiger charge is -2.17. The maximum absolute atomic E-state index is 12.3. The Bertz CT molecular complexity index is 686. The van der Waals surface area contributed by atoms with Gasteiger partial charge in [-0.25, -0.2) is 4.98 Å². The summed E-state index contributed by atoms with van der Waals surface area (Å²) in [5.74, 6) is 0.200. The zero-order valence-electron chi connectivity index (χ0n) is 11.3. The van der Waals surface area contributed by atoms with E-state index in [1.54, 1.807) is 18.3 Å². The number of hydrogen-bond donors (Lipinski definition) is 2. The van der Waals surface area contributed by atoms with Gasteiger partial charge in [0.1, 0.15) is 5.01 Å². The fourth-order valence-corrected chi connectivity index (χ4v) is 3.45. The molecule has 1 aliphatic heterocycles. The van der Waals surface area contributed by atoms with Gasteiger partial charge in [-0.05, 0) is 25.1 Å². The molecule has 108 valence electrons. The van der Waals surface area contributed by atoms with E-state index >= 15 is 0 Å². The maximum Gasteiger partial charge on any atom is 0.251 e. The van der Waals surface area contributed by atoms with Crippen LogP contribution in [0.5, 0.6) is 0 Å². The molecule has 0 fully saturated rings. The van der Waals surface area contributed by atoms with Crippen LogP contribution >= 0.6 is 23.1 Å². The number of rotatable bonds is 3. The van der Waals surface area contributed by atoms with Crippen molar-refractivity contribution in [1.29, 1.82) is 0 Å². The van der Waals surface area contributed by atoms with E-state index in [0.717, 1.165) is 9.90 Å². The van der Waals surface area contributed by atoms with Crippen LogP contribution in [0.1, 0.15) is 28.3 Å². The third-order valence-corrected chi connectivity index (χ3v) is 5.08. The SMILES string of the molecule is CC(NC(=O)c1ccc2c(c1)NC(=O)CS2)c1nccs1. The standard InChI is InChI=1S/C14H13N3O2S2/c1-8(14-15-4-5-20-14)16-13(19)9-2-3-11-10(6-9)17-12(18)7-21-11/h2-6,8H,7H2,1H3,(H,16,19)(H,17,18). The topological polar surface area (TPSA) is 71.1 Å². The fraction of sp³-hybridized carbons (Fsp3) is 0.214. The van der Waals surface area contributed by atoms with Crippen LogP contribution in [0.15, 0.2) is 34.7 Å². The van der Waals surface area contributed by atoms with Crippen molar-refractivity contribution in [3.63, 3.8) is 0 Å². The summed E-state index contributed by atoms with van der Waals surface area (Å²) in [5, 5.41) is 8.44. The molecule has 3 rings (SSSR count). The van der Waals surface area contributed by atoms with Crippen molar-refractivity contribution < 1.29 is 9.59 Å². The van der Waals surface area contributed by atoms with Gasteiger partial charge in [0.05, 0.1) is 17.5 Å². The second kappa shape index (κ2) is 5.87. The summed E-state index contributed by atoms with van der Waals surface area (Å²) in [6.07, 6.45) is 1.72. The molecular weight excluding hydrogens is 306 g/mol. The number of nitrogens with one attached hydrogen (secondary N) is 2. The van der Waals surface area contributed by atoms with Crippen molar-refractivity contribution >= 4 is 40.6 Å². The monoisotopic (exact) mass is 319 g/mol. The predicted molar refractivity (Wildman–Crippen MR) is 83.8 cm³/mol. The number of amides is 2. The molecule has 1 atom stereocenters. The van der Waals surface area contributed by atoms with Gasteiger partial charge in [0, 0.05) is 22.0 Å². The van der Waals surface area contributed by atoms with Gasteiger partial charge in [-0.3, -0.25) is 9.59 Å². The number of carbonyl (C=O) groups is 2. The Hall–Kier alpha value is -1.86. The molecule has 21 heavy (non-hydrogen) atoms. The normalized spacial score (nSPS) is 15.0. The van der Waals surface area contributed by atoms with Crippen LogP contribution in [0.2, 0.25) is 0 Å². The van der Waals surface area contributed by atoms with E-state index in [2.05, 4.69) is 15.6 Å². The number of nitrogens with zero attached hydrogens (tertiary/aromatic N) is 1. The average molecular weight is 319 g/mol. The van der Waals surface area contributed by atoms with Gasteiger partial charge < -0.3 is 10.6 Å². The highest BCUT2D eigenvalue weighted by molar-refractivity contribution is 8.00. The first-order valence-corrected chi connectivity index (χ1v) is 8.27. The highest BCUT2D eigenvalue weighted by Gasteiger charge is 2.18. The number of thioether (sulfide) groups is 1. The third kappa shape index (κ3) is 3.08. The zero-order valence-corrected chi connectivity index (χ0v) is 12.9. The van der Waals surface area contributed by atoms with Gasteiger partial charge >= 0.3 is 0 Å². The Kier molecular flexibility index (Phi) is 3.94. The molecule has 0 saturated heterocycles. The van der Waals surface area contributed by atoms with Gasteiger partial charge in [0.15, 0.2) is 0 Å². The van der Waals surface area contributed by atoms with Crippen molar-refractivity contribution in [3.05, 3.63) is 40.3 Å². The van der Waals surface area contributed by atoms with Gasteiger partial charge in [-0.1, -0.05) is 0 Å². The lowest BCUT2D eigenvalue weighted by atomic mass is 10.1. The Morgan fingerprint density at radius 1 is 1.48 bits per heavy atom. The molecule has 1 unspecified atom stereocenters. The van der Waals surface area contributed by atoms with Crippen LogP contribution in [-0.2, 0) is 4.79 Å². The molecular formula is C14H13N3O2S2. The molecule has 2 heterocycles. The lowest BCUT2D eigenvalue weighted by Crippen LogP contribution is -2.27. The number of benzene rings is 1. The summed E-state index contributed by atoms with van der Waals surface area (Å²) in [6.45, 7) is 1.90.